The number of halogens is 5. The molecule has 2 aromatic rings. The number of carbonyl (C=O) groups is 1. The molecule has 12 heteroatoms. The Morgan fingerprint density at radius 3 is 2.31 bits per heavy atom. The smallest absolute Gasteiger partial charge is 0.319 e. The molecular formula is C14H10F5N3O3S. The zero-order chi connectivity index (χ0) is 19.7. The number of aromatic nitrogens is 1. The highest BCUT2D eigenvalue weighted by atomic mass is 32.2. The molecule has 0 aliphatic heterocycles. The third-order valence-electron chi connectivity index (χ3n) is 2.93. The zero-order valence-electron chi connectivity index (χ0n) is 12.9. The highest BCUT2D eigenvalue weighted by Gasteiger charge is 2.32. The summed E-state index contributed by atoms with van der Waals surface area (Å²) in [4.78, 5) is 15.4. The second-order valence-corrected chi connectivity index (χ2v) is 6.82. The van der Waals surface area contributed by atoms with Crippen molar-refractivity contribution < 1.29 is 35.2 Å². The summed E-state index contributed by atoms with van der Waals surface area (Å²) in [6.07, 6.45) is -3.70. The Bertz CT molecular complexity index is 961. The Kier molecular flexibility index (Phi) is 5.16. The van der Waals surface area contributed by atoms with Gasteiger partial charge in [0.15, 0.2) is 17.5 Å². The van der Waals surface area contributed by atoms with Gasteiger partial charge in [0.2, 0.25) is 10.0 Å². The molecule has 140 valence electrons. The molecule has 0 atom stereocenters. The van der Waals surface area contributed by atoms with E-state index in [0.29, 0.717) is 24.4 Å². The Balaban J connectivity index is 2.43. The van der Waals surface area contributed by atoms with Crippen LogP contribution in [0.2, 0.25) is 0 Å². The molecule has 0 saturated carbocycles. The van der Waals surface area contributed by atoms with Crippen molar-refractivity contribution >= 4 is 27.4 Å². The third kappa shape index (κ3) is 4.88. The van der Waals surface area contributed by atoms with E-state index in [1.807, 2.05) is 10.0 Å². The van der Waals surface area contributed by atoms with Gasteiger partial charge < -0.3 is 5.32 Å². The molecule has 0 aliphatic rings. The number of sulfonamides is 1. The quantitative estimate of drug-likeness (QED) is 0.779. The van der Waals surface area contributed by atoms with Crippen LogP contribution >= 0.6 is 0 Å². The van der Waals surface area contributed by atoms with Crippen LogP contribution in [0, 0.1) is 11.6 Å². The van der Waals surface area contributed by atoms with Gasteiger partial charge in [-0.1, -0.05) is 0 Å². The number of hydrogen-bond donors (Lipinski definition) is 2. The van der Waals surface area contributed by atoms with Crippen molar-refractivity contribution in [1.29, 1.82) is 0 Å². The number of nitrogens with zero attached hydrogens (tertiary/aromatic N) is 1. The topological polar surface area (TPSA) is 88.2 Å². The standard InChI is InChI=1S/C14H10F5N3O3S/c1-26(24,25)22-12-11(5-8(6-20-12)14(17,18)19)21-13(23)7-2-3-9(15)10(16)4-7/h2-6H,1H3,(H,20,22)(H,21,23). The average molecular weight is 395 g/mol. The van der Waals surface area contributed by atoms with Crippen molar-refractivity contribution in [3.05, 3.63) is 53.2 Å². The van der Waals surface area contributed by atoms with E-state index >= 15 is 0 Å². The van der Waals surface area contributed by atoms with Crippen LogP contribution in [0.1, 0.15) is 15.9 Å². The second kappa shape index (κ2) is 6.86. The monoisotopic (exact) mass is 395 g/mol. The Morgan fingerprint density at radius 1 is 1.12 bits per heavy atom. The number of amides is 1. The minimum Gasteiger partial charge on any atom is -0.319 e. The van der Waals surface area contributed by atoms with Gasteiger partial charge in [-0.15, -0.1) is 0 Å². The van der Waals surface area contributed by atoms with Crippen LogP contribution in [0.4, 0.5) is 33.5 Å². The van der Waals surface area contributed by atoms with Crippen LogP contribution in [0.3, 0.4) is 0 Å². The Labute approximate surface area is 144 Å². The largest absolute Gasteiger partial charge is 0.417 e. The normalized spacial score (nSPS) is 11.9. The Hall–Kier alpha value is -2.76. The predicted molar refractivity (Wildman–Crippen MR) is 82.0 cm³/mol. The van der Waals surface area contributed by atoms with Crippen molar-refractivity contribution in [2.24, 2.45) is 0 Å². The Morgan fingerprint density at radius 2 is 1.77 bits per heavy atom. The highest BCUT2D eigenvalue weighted by Crippen LogP contribution is 2.33. The van der Waals surface area contributed by atoms with Gasteiger partial charge in [0.1, 0.15) is 0 Å². The zero-order valence-corrected chi connectivity index (χ0v) is 13.7. The number of pyridine rings is 1. The number of anilines is 2. The van der Waals surface area contributed by atoms with Gasteiger partial charge in [-0.2, -0.15) is 13.2 Å². The molecule has 0 radical (unpaired) electrons. The van der Waals surface area contributed by atoms with E-state index in [0.717, 1.165) is 12.3 Å². The molecule has 0 aliphatic carbocycles. The molecular weight excluding hydrogens is 385 g/mol. The lowest BCUT2D eigenvalue weighted by Crippen LogP contribution is -2.18. The van der Waals surface area contributed by atoms with Gasteiger partial charge in [0.25, 0.3) is 5.91 Å². The minimum atomic E-state index is -4.81. The van der Waals surface area contributed by atoms with Crippen molar-refractivity contribution in [2.75, 3.05) is 16.3 Å². The van der Waals surface area contributed by atoms with Crippen molar-refractivity contribution in [3.63, 3.8) is 0 Å². The molecule has 0 spiro atoms. The molecule has 0 unspecified atom stereocenters. The number of nitrogens with one attached hydrogen (secondary N) is 2. The number of rotatable bonds is 4. The molecule has 1 aromatic heterocycles. The maximum absolute atomic E-state index is 13.2. The van der Waals surface area contributed by atoms with E-state index < -0.39 is 56.4 Å². The summed E-state index contributed by atoms with van der Waals surface area (Å²) in [5.41, 5.74) is -2.26. The van der Waals surface area contributed by atoms with Crippen molar-refractivity contribution in [1.82, 2.24) is 4.98 Å². The maximum Gasteiger partial charge on any atom is 0.417 e. The van der Waals surface area contributed by atoms with Crippen LogP contribution < -0.4 is 10.0 Å². The molecule has 0 bridgehead atoms. The molecule has 0 fully saturated rings. The fraction of sp³-hybridized carbons (Fsp3) is 0.143. The highest BCUT2D eigenvalue weighted by molar-refractivity contribution is 7.92. The molecule has 0 saturated heterocycles. The maximum atomic E-state index is 13.2. The molecule has 2 N–H and O–H groups in total. The summed E-state index contributed by atoms with van der Waals surface area (Å²) in [7, 11) is -3.92. The molecule has 1 aromatic carbocycles. The van der Waals surface area contributed by atoms with Crippen LogP contribution in [-0.2, 0) is 16.2 Å². The van der Waals surface area contributed by atoms with Crippen LogP contribution in [0.25, 0.3) is 0 Å². The van der Waals surface area contributed by atoms with Gasteiger partial charge in [0.05, 0.1) is 17.5 Å². The molecule has 2 rings (SSSR count). The first-order valence-electron chi connectivity index (χ1n) is 6.68. The first kappa shape index (κ1) is 19.6. The first-order valence-corrected chi connectivity index (χ1v) is 8.57. The minimum absolute atomic E-state index is 0.376. The van der Waals surface area contributed by atoms with E-state index in [9.17, 15) is 35.2 Å². The summed E-state index contributed by atoms with van der Waals surface area (Å²) in [5, 5.41) is 1.99. The van der Waals surface area contributed by atoms with E-state index in [-0.39, 0.29) is 0 Å². The lowest BCUT2D eigenvalue weighted by Gasteiger charge is -2.14. The lowest BCUT2D eigenvalue weighted by atomic mass is 10.2. The fourth-order valence-electron chi connectivity index (χ4n) is 1.80. The number of benzene rings is 1. The molecule has 26 heavy (non-hydrogen) atoms. The lowest BCUT2D eigenvalue weighted by molar-refractivity contribution is -0.137. The van der Waals surface area contributed by atoms with Crippen molar-refractivity contribution in [2.45, 2.75) is 6.18 Å². The SMILES string of the molecule is CS(=O)(=O)Nc1ncc(C(F)(F)F)cc1NC(=O)c1ccc(F)c(F)c1. The van der Waals surface area contributed by atoms with Crippen LogP contribution in [0.5, 0.6) is 0 Å². The van der Waals surface area contributed by atoms with E-state index in [1.54, 1.807) is 0 Å². The second-order valence-electron chi connectivity index (χ2n) is 5.08. The van der Waals surface area contributed by atoms with Gasteiger partial charge in [-0.25, -0.2) is 22.2 Å². The summed E-state index contributed by atoms with van der Waals surface area (Å²) in [6, 6.07) is 2.55. The molecule has 1 amide bonds. The van der Waals surface area contributed by atoms with Crippen LogP contribution in [-0.4, -0.2) is 25.6 Å². The molecule has 6 nitrogen and oxygen atoms in total. The predicted octanol–water partition coefficient (Wildman–Crippen LogP) is 3.00. The van der Waals surface area contributed by atoms with Gasteiger partial charge in [-0.05, 0) is 24.3 Å². The van der Waals surface area contributed by atoms with E-state index in [2.05, 4.69) is 4.98 Å². The van der Waals surface area contributed by atoms with Gasteiger partial charge in [-0.3, -0.25) is 9.52 Å². The number of hydrogen-bond acceptors (Lipinski definition) is 4. The first-order chi connectivity index (χ1) is 11.9. The summed E-state index contributed by atoms with van der Waals surface area (Å²) >= 11 is 0. The number of alkyl halides is 3. The summed E-state index contributed by atoms with van der Waals surface area (Å²) < 4.78 is 89.0. The fourth-order valence-corrected chi connectivity index (χ4v) is 2.32. The van der Waals surface area contributed by atoms with E-state index in [4.69, 9.17) is 0 Å². The number of carbonyl (C=O) groups excluding carboxylic acids is 1. The summed E-state index contributed by atoms with van der Waals surface area (Å²) in [6.45, 7) is 0. The summed E-state index contributed by atoms with van der Waals surface area (Å²) in [5.74, 6) is -4.23. The van der Waals surface area contributed by atoms with Gasteiger partial charge in [0, 0.05) is 11.8 Å². The van der Waals surface area contributed by atoms with Gasteiger partial charge >= 0.3 is 6.18 Å². The third-order valence-corrected chi connectivity index (χ3v) is 3.49. The average Bonchev–Trinajstić information content (AvgIpc) is 2.49. The van der Waals surface area contributed by atoms with E-state index in [1.165, 1.54) is 0 Å². The molecule has 1 heterocycles. The van der Waals surface area contributed by atoms with Crippen LogP contribution in [0.15, 0.2) is 30.5 Å². The van der Waals surface area contributed by atoms with Crippen molar-refractivity contribution in [3.8, 4) is 0 Å².